The number of carbonyl (C=O) groups excluding carboxylic acids is 2. The number of carbonyl (C=O) groups is 2. The molecule has 0 amide bonds. The van der Waals surface area contributed by atoms with Crippen molar-refractivity contribution in [3.8, 4) is 0 Å². The molecule has 2 atom stereocenters. The predicted octanol–water partition coefficient (Wildman–Crippen LogP) is 3.51. The average Bonchev–Trinajstić information content (AvgIpc) is 3.20. The lowest BCUT2D eigenvalue weighted by molar-refractivity contribution is -0.0440. The van der Waals surface area contributed by atoms with E-state index in [0.717, 1.165) is 36.1 Å². The molecule has 0 saturated carbocycles. The summed E-state index contributed by atoms with van der Waals surface area (Å²) < 4.78 is 38.4. The van der Waals surface area contributed by atoms with E-state index in [0.29, 0.717) is 16.1 Å². The van der Waals surface area contributed by atoms with E-state index in [1.807, 2.05) is 13.8 Å². The van der Waals surface area contributed by atoms with E-state index in [1.165, 1.54) is 34.9 Å². The fourth-order valence-corrected chi connectivity index (χ4v) is 7.49. The van der Waals surface area contributed by atoms with Gasteiger partial charge in [-0.3, -0.25) is 4.79 Å². The quantitative estimate of drug-likeness (QED) is 0.453. The van der Waals surface area contributed by atoms with E-state index < -0.39 is 16.0 Å². The Morgan fingerprint density at radius 1 is 1.18 bits per heavy atom. The zero-order chi connectivity index (χ0) is 24.5. The predicted molar refractivity (Wildman–Crippen MR) is 130 cm³/mol. The Morgan fingerprint density at radius 2 is 1.88 bits per heavy atom. The fraction of sp³-hybridized carbons (Fsp3) is 0.500. The second-order valence-electron chi connectivity index (χ2n) is 8.79. The van der Waals surface area contributed by atoms with Gasteiger partial charge in [0.2, 0.25) is 10.0 Å². The lowest BCUT2D eigenvalue weighted by atomic mass is 9.95. The van der Waals surface area contributed by atoms with E-state index in [4.69, 9.17) is 9.47 Å². The Kier molecular flexibility index (Phi) is 7.42. The number of thiophene rings is 1. The number of hydrogen-bond acceptors (Lipinski definition) is 8. The summed E-state index contributed by atoms with van der Waals surface area (Å²) in [7, 11) is -2.40. The summed E-state index contributed by atoms with van der Waals surface area (Å²) >= 11 is 1.49. The Labute approximate surface area is 204 Å². The number of ketones is 1. The SMILES string of the molecule is COC(=O)c1c(NCC(=O)c2cccc(S(=O)(=O)N3CC(C)OC(C)C3)c2)sc2c1CCCC2. The van der Waals surface area contributed by atoms with E-state index in [1.54, 1.807) is 12.1 Å². The van der Waals surface area contributed by atoms with Gasteiger partial charge in [-0.15, -0.1) is 11.3 Å². The minimum Gasteiger partial charge on any atom is -0.465 e. The van der Waals surface area contributed by atoms with Gasteiger partial charge in [0.25, 0.3) is 0 Å². The van der Waals surface area contributed by atoms with Crippen molar-refractivity contribution < 1.29 is 27.5 Å². The molecule has 2 unspecified atom stereocenters. The van der Waals surface area contributed by atoms with Crippen molar-refractivity contribution in [1.29, 1.82) is 0 Å². The molecule has 1 aliphatic carbocycles. The molecule has 1 saturated heterocycles. The van der Waals surface area contributed by atoms with Crippen LogP contribution in [0, 0.1) is 0 Å². The van der Waals surface area contributed by atoms with E-state index in [2.05, 4.69) is 5.32 Å². The summed E-state index contributed by atoms with van der Waals surface area (Å²) in [5.41, 5.74) is 1.82. The van der Waals surface area contributed by atoms with Crippen molar-refractivity contribution in [3.05, 3.63) is 45.8 Å². The molecule has 1 aliphatic heterocycles. The first-order chi connectivity index (χ1) is 16.2. The van der Waals surface area contributed by atoms with Crippen LogP contribution in [0.4, 0.5) is 5.00 Å². The number of morpholine rings is 1. The van der Waals surface area contributed by atoms with Gasteiger partial charge in [-0.25, -0.2) is 13.2 Å². The summed E-state index contributed by atoms with van der Waals surface area (Å²) in [6, 6.07) is 6.11. The summed E-state index contributed by atoms with van der Waals surface area (Å²) in [6.45, 7) is 4.17. The number of methoxy groups -OCH3 is 1. The highest BCUT2D eigenvalue weighted by Gasteiger charge is 2.32. The van der Waals surface area contributed by atoms with E-state index >= 15 is 0 Å². The zero-order valence-corrected chi connectivity index (χ0v) is 21.3. The van der Waals surface area contributed by atoms with Gasteiger partial charge in [-0.2, -0.15) is 4.31 Å². The maximum Gasteiger partial charge on any atom is 0.341 e. The normalized spacial score (nSPS) is 21.0. The van der Waals surface area contributed by atoms with Crippen LogP contribution in [0.15, 0.2) is 29.2 Å². The number of Topliss-reactive ketones (excluding diaryl/α,β-unsaturated/α-hetero) is 1. The van der Waals surface area contributed by atoms with Gasteiger partial charge in [0.05, 0.1) is 36.3 Å². The number of hydrogen-bond donors (Lipinski definition) is 1. The molecule has 2 heterocycles. The molecule has 1 N–H and O–H groups in total. The van der Waals surface area contributed by atoms with Crippen molar-refractivity contribution in [2.45, 2.75) is 56.6 Å². The lowest BCUT2D eigenvalue weighted by Gasteiger charge is -2.34. The first-order valence-corrected chi connectivity index (χ1v) is 13.7. The molecule has 1 aromatic heterocycles. The van der Waals surface area contributed by atoms with Crippen LogP contribution in [-0.4, -0.2) is 63.4 Å². The monoisotopic (exact) mass is 506 g/mol. The number of sulfonamides is 1. The van der Waals surface area contributed by atoms with Crippen LogP contribution in [0.5, 0.6) is 0 Å². The van der Waals surface area contributed by atoms with Gasteiger partial charge in [-0.05, 0) is 57.2 Å². The first-order valence-electron chi connectivity index (χ1n) is 11.5. The highest BCUT2D eigenvalue weighted by Crippen LogP contribution is 2.38. The Morgan fingerprint density at radius 3 is 2.59 bits per heavy atom. The van der Waals surface area contributed by atoms with Gasteiger partial charge < -0.3 is 14.8 Å². The Hall–Kier alpha value is -2.27. The number of aryl methyl sites for hydroxylation is 1. The average molecular weight is 507 g/mol. The second-order valence-corrected chi connectivity index (χ2v) is 11.8. The number of benzene rings is 1. The minimum atomic E-state index is -3.75. The molecule has 2 aliphatic rings. The third kappa shape index (κ3) is 5.05. The number of esters is 1. The molecule has 1 fully saturated rings. The standard InChI is InChI=1S/C24H30N2O6S2/c1-15-13-26(14-16(2)32-15)34(29,30)18-8-6-7-17(11-18)20(27)12-25-23-22(24(28)31-3)19-9-4-5-10-21(19)33-23/h6-8,11,15-16,25H,4-5,9-10,12-14H2,1-3H3. The van der Waals surface area contributed by atoms with Gasteiger partial charge in [0.1, 0.15) is 5.00 Å². The maximum atomic E-state index is 13.2. The van der Waals surface area contributed by atoms with Crippen molar-refractivity contribution in [2.24, 2.45) is 0 Å². The zero-order valence-electron chi connectivity index (χ0n) is 19.6. The third-order valence-corrected chi connectivity index (χ3v) is 9.23. The van der Waals surface area contributed by atoms with Crippen LogP contribution in [0.25, 0.3) is 0 Å². The van der Waals surface area contributed by atoms with Crippen molar-refractivity contribution in [2.75, 3.05) is 32.1 Å². The van der Waals surface area contributed by atoms with E-state index in [9.17, 15) is 18.0 Å². The number of nitrogens with zero attached hydrogens (tertiary/aromatic N) is 1. The van der Waals surface area contributed by atoms with Gasteiger partial charge >= 0.3 is 5.97 Å². The third-order valence-electron chi connectivity index (χ3n) is 6.15. The highest BCUT2D eigenvalue weighted by molar-refractivity contribution is 7.89. The van der Waals surface area contributed by atoms with Crippen LogP contribution in [0.1, 0.15) is 57.8 Å². The second kappa shape index (κ2) is 10.2. The van der Waals surface area contributed by atoms with Crippen molar-refractivity contribution >= 4 is 38.1 Å². The number of rotatable bonds is 7. The highest BCUT2D eigenvalue weighted by atomic mass is 32.2. The number of fused-ring (bicyclic) bond motifs is 1. The molecule has 184 valence electrons. The summed E-state index contributed by atoms with van der Waals surface area (Å²) in [5.74, 6) is -0.667. The molecule has 1 aromatic carbocycles. The minimum absolute atomic E-state index is 0.0570. The van der Waals surface area contributed by atoms with Crippen molar-refractivity contribution in [1.82, 2.24) is 4.31 Å². The Bertz CT molecular complexity index is 1180. The van der Waals surface area contributed by atoms with Crippen LogP contribution >= 0.6 is 11.3 Å². The smallest absolute Gasteiger partial charge is 0.341 e. The summed E-state index contributed by atoms with van der Waals surface area (Å²) in [6.07, 6.45) is 3.44. The maximum absolute atomic E-state index is 13.2. The number of nitrogens with one attached hydrogen (secondary N) is 1. The summed E-state index contributed by atoms with van der Waals surface area (Å²) in [5, 5.41) is 3.74. The van der Waals surface area contributed by atoms with Crippen LogP contribution in [0.3, 0.4) is 0 Å². The first kappa shape index (κ1) is 24.8. The van der Waals surface area contributed by atoms with Gasteiger partial charge in [0.15, 0.2) is 5.78 Å². The topological polar surface area (TPSA) is 102 Å². The molecule has 4 rings (SSSR count). The molecular formula is C24H30N2O6S2. The molecule has 0 radical (unpaired) electrons. The van der Waals surface area contributed by atoms with Crippen LogP contribution < -0.4 is 5.32 Å². The molecule has 2 aromatic rings. The largest absolute Gasteiger partial charge is 0.465 e. The van der Waals surface area contributed by atoms with E-state index in [-0.39, 0.29) is 42.5 Å². The van der Waals surface area contributed by atoms with Gasteiger partial charge in [-0.1, -0.05) is 12.1 Å². The molecule has 0 spiro atoms. The lowest BCUT2D eigenvalue weighted by Crippen LogP contribution is -2.48. The molecule has 0 bridgehead atoms. The number of ether oxygens (including phenoxy) is 2. The van der Waals surface area contributed by atoms with Crippen LogP contribution in [-0.2, 0) is 32.3 Å². The van der Waals surface area contributed by atoms with Gasteiger partial charge in [0, 0.05) is 23.5 Å². The van der Waals surface area contributed by atoms with Crippen LogP contribution in [0.2, 0.25) is 0 Å². The summed E-state index contributed by atoms with van der Waals surface area (Å²) in [4.78, 5) is 26.6. The molecule has 34 heavy (non-hydrogen) atoms. The Balaban J connectivity index is 1.52. The number of anilines is 1. The molecule has 8 nitrogen and oxygen atoms in total. The van der Waals surface area contributed by atoms with Crippen molar-refractivity contribution in [3.63, 3.8) is 0 Å². The molecule has 10 heteroatoms. The fourth-order valence-electron chi connectivity index (χ4n) is 4.58. The molecular weight excluding hydrogens is 476 g/mol.